The summed E-state index contributed by atoms with van der Waals surface area (Å²) < 4.78 is 1.80. The molecule has 4 nitrogen and oxygen atoms in total. The van der Waals surface area contributed by atoms with Crippen LogP contribution in [0.3, 0.4) is 0 Å². The van der Waals surface area contributed by atoms with Crippen molar-refractivity contribution in [2.24, 2.45) is 7.05 Å². The van der Waals surface area contributed by atoms with Crippen molar-refractivity contribution in [1.82, 2.24) is 20.1 Å². The van der Waals surface area contributed by atoms with Gasteiger partial charge in [0.1, 0.15) is 12.2 Å². The van der Waals surface area contributed by atoms with Crippen LogP contribution in [-0.4, -0.2) is 27.4 Å². The average molecular weight is 313 g/mol. The van der Waals surface area contributed by atoms with Crippen molar-refractivity contribution in [3.63, 3.8) is 0 Å². The predicted octanol–water partition coefficient (Wildman–Crippen LogP) is 2.89. The molecule has 0 spiro atoms. The van der Waals surface area contributed by atoms with Crippen LogP contribution in [0.2, 0.25) is 10.0 Å². The highest BCUT2D eigenvalue weighted by Crippen LogP contribution is 2.23. The molecule has 1 heterocycles. The normalized spacial score (nSPS) is 12.6. The van der Waals surface area contributed by atoms with Crippen LogP contribution < -0.4 is 5.32 Å². The Morgan fingerprint density at radius 1 is 1.25 bits per heavy atom. The van der Waals surface area contributed by atoms with Crippen molar-refractivity contribution in [1.29, 1.82) is 0 Å². The Balaban J connectivity index is 2.08. The maximum Gasteiger partial charge on any atom is 0.138 e. The van der Waals surface area contributed by atoms with Crippen LogP contribution in [0.25, 0.3) is 0 Å². The molecule has 0 bridgehead atoms. The van der Waals surface area contributed by atoms with E-state index in [-0.39, 0.29) is 0 Å². The van der Waals surface area contributed by atoms with Crippen LogP contribution in [0.5, 0.6) is 0 Å². The molecular weight excluding hydrogens is 295 g/mol. The molecule has 1 N–H and O–H groups in total. The van der Waals surface area contributed by atoms with Crippen molar-refractivity contribution < 1.29 is 0 Å². The summed E-state index contributed by atoms with van der Waals surface area (Å²) in [6.07, 6.45) is 3.28. The molecule has 0 amide bonds. The number of aryl methyl sites for hydroxylation is 1. The van der Waals surface area contributed by atoms with E-state index in [0.717, 1.165) is 30.8 Å². The molecule has 0 aliphatic carbocycles. The van der Waals surface area contributed by atoms with Crippen LogP contribution in [0.15, 0.2) is 24.5 Å². The summed E-state index contributed by atoms with van der Waals surface area (Å²) in [6.45, 7) is 3.00. The van der Waals surface area contributed by atoms with Gasteiger partial charge in [-0.15, -0.1) is 0 Å². The summed E-state index contributed by atoms with van der Waals surface area (Å²) in [5.41, 5.74) is 1.16. The minimum absolute atomic E-state index is 0.292. The maximum absolute atomic E-state index is 6.06. The fraction of sp³-hybridized carbons (Fsp3) is 0.429. The fourth-order valence-corrected chi connectivity index (χ4v) is 2.50. The van der Waals surface area contributed by atoms with Gasteiger partial charge in [-0.25, -0.2) is 4.98 Å². The lowest BCUT2D eigenvalue weighted by molar-refractivity contribution is 0.499. The maximum atomic E-state index is 6.06. The third-order valence-electron chi connectivity index (χ3n) is 3.19. The highest BCUT2D eigenvalue weighted by Gasteiger charge is 2.13. The third-order valence-corrected chi connectivity index (χ3v) is 3.93. The number of aromatic nitrogens is 3. The molecular formula is C14H18Cl2N4. The van der Waals surface area contributed by atoms with Crippen molar-refractivity contribution in [2.45, 2.75) is 25.8 Å². The van der Waals surface area contributed by atoms with E-state index in [1.165, 1.54) is 0 Å². The first-order valence-corrected chi connectivity index (χ1v) is 7.36. The summed E-state index contributed by atoms with van der Waals surface area (Å²) in [7, 11) is 1.91. The number of nitrogens with one attached hydrogen (secondary N) is 1. The Hall–Kier alpha value is -1.10. The molecule has 1 unspecified atom stereocenters. The van der Waals surface area contributed by atoms with Gasteiger partial charge >= 0.3 is 0 Å². The molecule has 0 radical (unpaired) electrons. The number of benzene rings is 1. The second-order valence-electron chi connectivity index (χ2n) is 4.71. The van der Waals surface area contributed by atoms with E-state index in [1.54, 1.807) is 11.0 Å². The van der Waals surface area contributed by atoms with Crippen molar-refractivity contribution >= 4 is 23.2 Å². The number of nitrogens with zero attached hydrogens (tertiary/aromatic N) is 3. The quantitative estimate of drug-likeness (QED) is 0.892. The number of rotatable bonds is 6. The van der Waals surface area contributed by atoms with Crippen LogP contribution in [0.1, 0.15) is 18.3 Å². The summed E-state index contributed by atoms with van der Waals surface area (Å²) in [6, 6.07) is 6.06. The van der Waals surface area contributed by atoms with E-state index >= 15 is 0 Å². The van der Waals surface area contributed by atoms with Gasteiger partial charge in [-0.1, -0.05) is 36.2 Å². The molecule has 0 saturated carbocycles. The van der Waals surface area contributed by atoms with Gasteiger partial charge in [0.05, 0.1) is 10.0 Å². The lowest BCUT2D eigenvalue weighted by Crippen LogP contribution is -2.34. The zero-order chi connectivity index (χ0) is 14.5. The molecule has 0 saturated heterocycles. The Bertz CT molecular complexity index is 568. The summed E-state index contributed by atoms with van der Waals surface area (Å²) in [4.78, 5) is 4.28. The van der Waals surface area contributed by atoms with Crippen LogP contribution in [0, 0.1) is 0 Å². The van der Waals surface area contributed by atoms with Gasteiger partial charge in [-0.2, -0.15) is 5.10 Å². The topological polar surface area (TPSA) is 42.7 Å². The fourth-order valence-electron chi connectivity index (χ4n) is 2.18. The lowest BCUT2D eigenvalue weighted by Gasteiger charge is -2.17. The van der Waals surface area contributed by atoms with Gasteiger partial charge < -0.3 is 5.32 Å². The standard InChI is InChI=1S/C14H18Cl2N4/c1-3-17-11(8-14-18-9-19-20(14)2)6-10-4-5-12(15)13(16)7-10/h4-5,7,9,11,17H,3,6,8H2,1-2H3. The predicted molar refractivity (Wildman–Crippen MR) is 82.3 cm³/mol. The van der Waals surface area contributed by atoms with Gasteiger partial charge in [-0.05, 0) is 30.7 Å². The van der Waals surface area contributed by atoms with E-state index in [2.05, 4.69) is 22.3 Å². The van der Waals surface area contributed by atoms with Crippen molar-refractivity contribution in [3.8, 4) is 0 Å². The Kier molecular flexibility index (Phi) is 5.40. The van der Waals surface area contributed by atoms with E-state index < -0.39 is 0 Å². The van der Waals surface area contributed by atoms with Crippen molar-refractivity contribution in [2.75, 3.05) is 6.54 Å². The van der Waals surface area contributed by atoms with Gasteiger partial charge in [0.25, 0.3) is 0 Å². The second-order valence-corrected chi connectivity index (χ2v) is 5.53. The Labute approximate surface area is 129 Å². The van der Waals surface area contributed by atoms with E-state index in [1.807, 2.05) is 25.2 Å². The molecule has 1 atom stereocenters. The van der Waals surface area contributed by atoms with E-state index in [0.29, 0.717) is 16.1 Å². The number of likely N-dealkylation sites (N-methyl/N-ethyl adjacent to an activating group) is 1. The van der Waals surface area contributed by atoms with Gasteiger partial charge in [-0.3, -0.25) is 4.68 Å². The van der Waals surface area contributed by atoms with Gasteiger partial charge in [0.15, 0.2) is 0 Å². The first-order valence-electron chi connectivity index (χ1n) is 6.60. The minimum atomic E-state index is 0.292. The molecule has 6 heteroatoms. The molecule has 108 valence electrons. The molecule has 2 rings (SSSR count). The number of hydrogen-bond donors (Lipinski definition) is 1. The number of halogens is 2. The zero-order valence-electron chi connectivity index (χ0n) is 11.6. The zero-order valence-corrected chi connectivity index (χ0v) is 13.1. The minimum Gasteiger partial charge on any atom is -0.313 e. The van der Waals surface area contributed by atoms with Crippen LogP contribution in [-0.2, 0) is 19.9 Å². The first-order chi connectivity index (χ1) is 9.60. The first kappa shape index (κ1) is 15.3. The van der Waals surface area contributed by atoms with Gasteiger partial charge in [0.2, 0.25) is 0 Å². The number of hydrogen-bond acceptors (Lipinski definition) is 3. The monoisotopic (exact) mass is 312 g/mol. The lowest BCUT2D eigenvalue weighted by atomic mass is 10.0. The largest absolute Gasteiger partial charge is 0.313 e. The molecule has 0 aliphatic rings. The highest BCUT2D eigenvalue weighted by atomic mass is 35.5. The SMILES string of the molecule is CCNC(Cc1ccc(Cl)c(Cl)c1)Cc1ncnn1C. The summed E-state index contributed by atoms with van der Waals surface area (Å²) >= 11 is 12.0. The Morgan fingerprint density at radius 3 is 2.65 bits per heavy atom. The average Bonchev–Trinajstić information content (AvgIpc) is 2.80. The van der Waals surface area contributed by atoms with E-state index in [9.17, 15) is 0 Å². The molecule has 0 aliphatic heterocycles. The summed E-state index contributed by atoms with van der Waals surface area (Å²) in [5, 5.41) is 8.76. The van der Waals surface area contributed by atoms with Crippen LogP contribution >= 0.6 is 23.2 Å². The molecule has 0 fully saturated rings. The summed E-state index contributed by atoms with van der Waals surface area (Å²) in [5.74, 6) is 0.969. The molecule has 20 heavy (non-hydrogen) atoms. The Morgan fingerprint density at radius 2 is 2.05 bits per heavy atom. The van der Waals surface area contributed by atoms with Crippen LogP contribution in [0.4, 0.5) is 0 Å². The van der Waals surface area contributed by atoms with E-state index in [4.69, 9.17) is 23.2 Å². The van der Waals surface area contributed by atoms with Crippen molar-refractivity contribution in [3.05, 3.63) is 46.0 Å². The smallest absolute Gasteiger partial charge is 0.138 e. The van der Waals surface area contributed by atoms with Gasteiger partial charge in [0, 0.05) is 19.5 Å². The molecule has 1 aromatic heterocycles. The highest BCUT2D eigenvalue weighted by molar-refractivity contribution is 6.42. The second kappa shape index (κ2) is 7.07. The third kappa shape index (κ3) is 3.95. The molecule has 2 aromatic rings. The molecule has 1 aromatic carbocycles.